The molecule has 2 aromatic carbocycles. The van der Waals surface area contributed by atoms with E-state index in [0.717, 1.165) is 69.8 Å². The lowest BCUT2D eigenvalue weighted by molar-refractivity contribution is 0.0953. The zero-order chi connectivity index (χ0) is 20.9. The highest BCUT2D eigenvalue weighted by Gasteiger charge is 2.22. The van der Waals surface area contributed by atoms with Gasteiger partial charge in [0.2, 0.25) is 0 Å². The second kappa shape index (κ2) is 9.85. The summed E-state index contributed by atoms with van der Waals surface area (Å²) in [5, 5.41) is 9.89. The Morgan fingerprint density at radius 2 is 1.97 bits per heavy atom. The maximum atomic E-state index is 5.89. The van der Waals surface area contributed by atoms with Crippen molar-refractivity contribution < 1.29 is 14.2 Å². The molecule has 0 amide bonds. The standard InChI is InChI=1S/C22H24BrN3O3S/c1-27-18-8-5-15(6-9-18)21-24-25-22(26(21)13-19-4-3-11-29-19)30-14-16-12-17(23)7-10-20(16)28-2/h5-10,12,19H,3-4,11,13-14H2,1-2H3. The van der Waals surface area contributed by atoms with Gasteiger partial charge >= 0.3 is 0 Å². The van der Waals surface area contributed by atoms with Crippen molar-refractivity contribution in [3.8, 4) is 22.9 Å². The molecular weight excluding hydrogens is 466 g/mol. The minimum atomic E-state index is 0.192. The van der Waals surface area contributed by atoms with E-state index in [0.29, 0.717) is 0 Å². The molecule has 1 atom stereocenters. The van der Waals surface area contributed by atoms with Crippen LogP contribution in [0, 0.1) is 0 Å². The van der Waals surface area contributed by atoms with Gasteiger partial charge in [0.1, 0.15) is 11.5 Å². The molecule has 0 radical (unpaired) electrons. The maximum absolute atomic E-state index is 5.89. The Balaban J connectivity index is 1.61. The van der Waals surface area contributed by atoms with Gasteiger partial charge in [0.05, 0.1) is 26.9 Å². The number of halogens is 1. The first kappa shape index (κ1) is 21.2. The number of benzene rings is 2. The lowest BCUT2D eigenvalue weighted by Crippen LogP contribution is -2.16. The van der Waals surface area contributed by atoms with Crippen molar-refractivity contribution in [3.05, 3.63) is 52.5 Å². The maximum Gasteiger partial charge on any atom is 0.191 e. The monoisotopic (exact) mass is 489 g/mol. The molecule has 6 nitrogen and oxygen atoms in total. The first-order valence-electron chi connectivity index (χ1n) is 9.82. The fourth-order valence-electron chi connectivity index (χ4n) is 3.51. The van der Waals surface area contributed by atoms with Crippen molar-refractivity contribution in [1.82, 2.24) is 14.8 Å². The van der Waals surface area contributed by atoms with Gasteiger partial charge in [-0.3, -0.25) is 4.57 Å². The Bertz CT molecular complexity index is 988. The number of methoxy groups -OCH3 is 2. The van der Waals surface area contributed by atoms with E-state index in [-0.39, 0.29) is 6.10 Å². The van der Waals surface area contributed by atoms with Gasteiger partial charge in [-0.2, -0.15) is 0 Å². The molecule has 1 aliphatic rings. The predicted octanol–water partition coefficient (Wildman–Crippen LogP) is 5.20. The summed E-state index contributed by atoms with van der Waals surface area (Å²) >= 11 is 5.20. The van der Waals surface area contributed by atoms with Gasteiger partial charge in [0, 0.05) is 28.0 Å². The second-order valence-corrected chi connectivity index (χ2v) is 8.88. The quantitative estimate of drug-likeness (QED) is 0.405. The molecular formula is C22H24BrN3O3S. The Morgan fingerprint density at radius 1 is 1.13 bits per heavy atom. The highest BCUT2D eigenvalue weighted by molar-refractivity contribution is 9.10. The third-order valence-corrected chi connectivity index (χ3v) is 6.58. The summed E-state index contributed by atoms with van der Waals surface area (Å²) in [5.74, 6) is 3.26. The first-order chi connectivity index (χ1) is 14.7. The van der Waals surface area contributed by atoms with Crippen LogP contribution in [-0.2, 0) is 17.0 Å². The molecule has 0 spiro atoms. The van der Waals surface area contributed by atoms with E-state index in [1.54, 1.807) is 26.0 Å². The number of nitrogens with zero attached hydrogens (tertiary/aromatic N) is 3. The molecule has 0 bridgehead atoms. The van der Waals surface area contributed by atoms with Crippen molar-refractivity contribution >= 4 is 27.7 Å². The van der Waals surface area contributed by atoms with Crippen LogP contribution in [0.3, 0.4) is 0 Å². The summed E-state index contributed by atoms with van der Waals surface area (Å²) in [6.07, 6.45) is 2.35. The molecule has 1 aromatic heterocycles. The summed E-state index contributed by atoms with van der Waals surface area (Å²) in [7, 11) is 3.36. The lowest BCUT2D eigenvalue weighted by atomic mass is 10.2. The third kappa shape index (κ3) is 4.82. The van der Waals surface area contributed by atoms with Crippen LogP contribution in [0.25, 0.3) is 11.4 Å². The van der Waals surface area contributed by atoms with Crippen molar-refractivity contribution in [2.24, 2.45) is 0 Å². The van der Waals surface area contributed by atoms with E-state index < -0.39 is 0 Å². The molecule has 1 fully saturated rings. The van der Waals surface area contributed by atoms with Crippen LogP contribution in [0.5, 0.6) is 11.5 Å². The van der Waals surface area contributed by atoms with Gasteiger partial charge in [-0.25, -0.2) is 0 Å². The molecule has 8 heteroatoms. The van der Waals surface area contributed by atoms with E-state index in [1.165, 1.54) is 0 Å². The number of ether oxygens (including phenoxy) is 3. The van der Waals surface area contributed by atoms with Crippen LogP contribution in [0.1, 0.15) is 18.4 Å². The molecule has 30 heavy (non-hydrogen) atoms. The highest BCUT2D eigenvalue weighted by atomic mass is 79.9. The molecule has 1 unspecified atom stereocenters. The van der Waals surface area contributed by atoms with Gasteiger partial charge in [-0.05, 0) is 55.3 Å². The predicted molar refractivity (Wildman–Crippen MR) is 121 cm³/mol. The van der Waals surface area contributed by atoms with Crippen LogP contribution in [0.15, 0.2) is 52.1 Å². The van der Waals surface area contributed by atoms with Gasteiger partial charge in [0.15, 0.2) is 11.0 Å². The Hall–Kier alpha value is -2.03. The fourth-order valence-corrected chi connectivity index (χ4v) is 4.84. The van der Waals surface area contributed by atoms with Crippen molar-refractivity contribution in [2.45, 2.75) is 36.4 Å². The molecule has 0 aliphatic carbocycles. The van der Waals surface area contributed by atoms with Crippen LogP contribution >= 0.6 is 27.7 Å². The summed E-state index contributed by atoms with van der Waals surface area (Å²) in [6.45, 7) is 1.56. The smallest absolute Gasteiger partial charge is 0.191 e. The third-order valence-electron chi connectivity index (χ3n) is 5.07. The molecule has 1 aliphatic heterocycles. The summed E-state index contributed by atoms with van der Waals surface area (Å²) in [5.41, 5.74) is 2.11. The van der Waals surface area contributed by atoms with Gasteiger partial charge in [0.25, 0.3) is 0 Å². The average molecular weight is 490 g/mol. The Labute approximate surface area is 189 Å². The van der Waals surface area contributed by atoms with Gasteiger partial charge in [-0.15, -0.1) is 10.2 Å². The number of thioether (sulfide) groups is 1. The number of hydrogen-bond donors (Lipinski definition) is 0. The Morgan fingerprint density at radius 3 is 2.67 bits per heavy atom. The summed E-state index contributed by atoms with van der Waals surface area (Å²) < 4.78 is 19.9. The van der Waals surface area contributed by atoms with E-state index in [9.17, 15) is 0 Å². The SMILES string of the molecule is COc1ccc(-c2nnc(SCc3cc(Br)ccc3OC)n2CC2CCCO2)cc1. The van der Waals surface area contributed by atoms with Crippen LogP contribution in [0.4, 0.5) is 0 Å². The molecule has 3 aromatic rings. The summed E-state index contributed by atoms with van der Waals surface area (Å²) in [4.78, 5) is 0. The zero-order valence-corrected chi connectivity index (χ0v) is 19.4. The summed E-state index contributed by atoms with van der Waals surface area (Å²) in [6, 6.07) is 14.0. The van der Waals surface area contributed by atoms with E-state index >= 15 is 0 Å². The number of hydrogen-bond acceptors (Lipinski definition) is 6. The van der Waals surface area contributed by atoms with E-state index in [4.69, 9.17) is 14.2 Å². The van der Waals surface area contributed by atoms with Crippen molar-refractivity contribution in [1.29, 1.82) is 0 Å². The first-order valence-corrected chi connectivity index (χ1v) is 11.6. The van der Waals surface area contributed by atoms with Crippen molar-refractivity contribution in [2.75, 3.05) is 20.8 Å². The van der Waals surface area contributed by atoms with Crippen LogP contribution in [0.2, 0.25) is 0 Å². The topological polar surface area (TPSA) is 58.4 Å². The molecule has 2 heterocycles. The van der Waals surface area contributed by atoms with Crippen LogP contribution in [-0.4, -0.2) is 41.7 Å². The minimum absolute atomic E-state index is 0.192. The lowest BCUT2D eigenvalue weighted by Gasteiger charge is -2.15. The van der Waals surface area contributed by atoms with Gasteiger partial charge in [-0.1, -0.05) is 27.7 Å². The van der Waals surface area contributed by atoms with Crippen LogP contribution < -0.4 is 9.47 Å². The molecule has 0 N–H and O–H groups in total. The fraction of sp³-hybridized carbons (Fsp3) is 0.364. The largest absolute Gasteiger partial charge is 0.497 e. The molecule has 0 saturated carbocycles. The normalized spacial score (nSPS) is 16.0. The molecule has 1 saturated heterocycles. The molecule has 158 valence electrons. The highest BCUT2D eigenvalue weighted by Crippen LogP contribution is 2.32. The Kier molecular flexibility index (Phi) is 6.97. The van der Waals surface area contributed by atoms with Gasteiger partial charge < -0.3 is 14.2 Å². The number of aromatic nitrogens is 3. The second-order valence-electron chi connectivity index (χ2n) is 7.03. The van der Waals surface area contributed by atoms with Crippen molar-refractivity contribution in [3.63, 3.8) is 0 Å². The average Bonchev–Trinajstić information content (AvgIpc) is 3.43. The van der Waals surface area contributed by atoms with E-state index in [2.05, 4.69) is 36.8 Å². The van der Waals surface area contributed by atoms with E-state index in [1.807, 2.05) is 36.4 Å². The molecule has 4 rings (SSSR count). The zero-order valence-electron chi connectivity index (χ0n) is 17.0. The minimum Gasteiger partial charge on any atom is -0.497 e. The number of rotatable bonds is 8.